The molecule has 0 aromatic heterocycles. The van der Waals surface area contributed by atoms with Crippen LogP contribution in [0.2, 0.25) is 0 Å². The summed E-state index contributed by atoms with van der Waals surface area (Å²) in [4.78, 5) is 0.277. The molecule has 0 atom stereocenters. The van der Waals surface area contributed by atoms with Crippen molar-refractivity contribution in [2.75, 3.05) is 27.4 Å². The third-order valence-electron chi connectivity index (χ3n) is 3.12. The number of benzene rings is 2. The first-order valence-corrected chi connectivity index (χ1v) is 7.42. The summed E-state index contributed by atoms with van der Waals surface area (Å²) in [6.45, 7) is 0.745. The minimum Gasteiger partial charge on any atom is -0.497 e. The van der Waals surface area contributed by atoms with Crippen molar-refractivity contribution in [3.05, 3.63) is 48.0 Å². The molecule has 2 aromatic rings. The molecule has 0 saturated carbocycles. The van der Waals surface area contributed by atoms with Gasteiger partial charge in [-0.15, -0.1) is 0 Å². The fourth-order valence-corrected chi connectivity index (χ4v) is 2.10. The Morgan fingerprint density at radius 2 is 1.43 bits per heavy atom. The number of methoxy groups -OCH3 is 2. The van der Waals surface area contributed by atoms with Crippen LogP contribution in [0.25, 0.3) is 0 Å². The highest BCUT2D eigenvalue weighted by Crippen LogP contribution is 2.25. The van der Waals surface area contributed by atoms with Crippen LogP contribution >= 0.6 is 12.2 Å². The Bertz CT molecular complexity index is 658. The van der Waals surface area contributed by atoms with Crippen molar-refractivity contribution >= 4 is 17.2 Å². The van der Waals surface area contributed by atoms with E-state index in [4.69, 9.17) is 36.9 Å². The molecule has 0 spiro atoms. The number of ether oxygens (including phenoxy) is 4. The van der Waals surface area contributed by atoms with Gasteiger partial charge in [-0.05, 0) is 36.4 Å². The van der Waals surface area contributed by atoms with Crippen LogP contribution in [0.1, 0.15) is 5.56 Å². The normalized spacial score (nSPS) is 10.0. The second-order valence-electron chi connectivity index (χ2n) is 4.60. The summed E-state index contributed by atoms with van der Waals surface area (Å²) in [6, 6.07) is 12.7. The average Bonchev–Trinajstić information content (AvgIpc) is 2.58. The molecule has 0 radical (unpaired) electrons. The molecule has 5 nitrogen and oxygen atoms in total. The van der Waals surface area contributed by atoms with E-state index in [-0.39, 0.29) is 4.99 Å². The molecule has 0 saturated heterocycles. The van der Waals surface area contributed by atoms with Gasteiger partial charge in [0.05, 0.1) is 19.8 Å². The lowest BCUT2D eigenvalue weighted by Crippen LogP contribution is -2.14. The van der Waals surface area contributed by atoms with Crippen molar-refractivity contribution in [2.45, 2.75) is 0 Å². The van der Waals surface area contributed by atoms with Gasteiger partial charge in [0.25, 0.3) is 0 Å². The lowest BCUT2D eigenvalue weighted by Gasteiger charge is -2.13. The Morgan fingerprint density at radius 3 is 2.04 bits per heavy atom. The molecular formula is C17H19NO4S. The standard InChI is InChI=1S/C17H19NO4S/c1-19-12-3-5-13(6-4-12)21-9-10-22-16-11-14(20-2)7-8-15(16)17(18)23/h3-8,11H,9-10H2,1-2H3,(H2,18,23). The van der Waals surface area contributed by atoms with E-state index in [0.29, 0.717) is 30.3 Å². The van der Waals surface area contributed by atoms with Crippen LogP contribution in [0, 0.1) is 0 Å². The molecule has 0 aliphatic rings. The molecule has 0 fully saturated rings. The third kappa shape index (κ3) is 4.75. The summed E-state index contributed by atoms with van der Waals surface area (Å²) in [5, 5.41) is 0. The second-order valence-corrected chi connectivity index (χ2v) is 5.04. The van der Waals surface area contributed by atoms with E-state index in [1.165, 1.54) is 0 Å². The van der Waals surface area contributed by atoms with E-state index in [9.17, 15) is 0 Å². The average molecular weight is 333 g/mol. The van der Waals surface area contributed by atoms with Crippen LogP contribution in [-0.4, -0.2) is 32.4 Å². The van der Waals surface area contributed by atoms with E-state index in [1.807, 2.05) is 24.3 Å². The molecule has 0 aliphatic carbocycles. The lowest BCUT2D eigenvalue weighted by molar-refractivity contribution is 0.216. The molecule has 0 aliphatic heterocycles. The predicted octanol–water partition coefficient (Wildman–Crippen LogP) is 2.80. The monoisotopic (exact) mass is 333 g/mol. The first-order valence-electron chi connectivity index (χ1n) is 7.01. The van der Waals surface area contributed by atoms with E-state index in [2.05, 4.69) is 0 Å². The van der Waals surface area contributed by atoms with Crippen molar-refractivity contribution in [2.24, 2.45) is 5.73 Å². The molecule has 2 aromatic carbocycles. The van der Waals surface area contributed by atoms with Gasteiger partial charge in [-0.25, -0.2) is 0 Å². The molecule has 0 heterocycles. The molecule has 23 heavy (non-hydrogen) atoms. The Hall–Kier alpha value is -2.47. The van der Waals surface area contributed by atoms with Gasteiger partial charge in [0, 0.05) is 6.07 Å². The fourth-order valence-electron chi connectivity index (χ4n) is 1.94. The Morgan fingerprint density at radius 1 is 0.870 bits per heavy atom. The van der Waals surface area contributed by atoms with Crippen LogP contribution in [0.4, 0.5) is 0 Å². The highest BCUT2D eigenvalue weighted by molar-refractivity contribution is 7.80. The zero-order valence-corrected chi connectivity index (χ0v) is 13.9. The number of nitrogens with two attached hydrogens (primary N) is 1. The lowest BCUT2D eigenvalue weighted by atomic mass is 10.2. The third-order valence-corrected chi connectivity index (χ3v) is 3.34. The largest absolute Gasteiger partial charge is 0.497 e. The van der Waals surface area contributed by atoms with Gasteiger partial charge in [0.1, 0.15) is 41.2 Å². The quantitative estimate of drug-likeness (QED) is 0.592. The van der Waals surface area contributed by atoms with Crippen molar-refractivity contribution < 1.29 is 18.9 Å². The second kappa shape index (κ2) is 8.24. The highest BCUT2D eigenvalue weighted by atomic mass is 32.1. The highest BCUT2D eigenvalue weighted by Gasteiger charge is 2.08. The smallest absolute Gasteiger partial charge is 0.133 e. The van der Waals surface area contributed by atoms with Crippen molar-refractivity contribution in [1.29, 1.82) is 0 Å². The molecular weight excluding hydrogens is 314 g/mol. The molecule has 2 N–H and O–H groups in total. The van der Waals surface area contributed by atoms with Gasteiger partial charge in [0.15, 0.2) is 0 Å². The summed E-state index contributed by atoms with van der Waals surface area (Å²) < 4.78 is 21.6. The van der Waals surface area contributed by atoms with Crippen LogP contribution in [-0.2, 0) is 0 Å². The number of hydrogen-bond acceptors (Lipinski definition) is 5. The molecule has 0 amide bonds. The van der Waals surface area contributed by atoms with Crippen molar-refractivity contribution in [3.8, 4) is 23.0 Å². The minimum absolute atomic E-state index is 0.277. The summed E-state index contributed by atoms with van der Waals surface area (Å²) in [6.07, 6.45) is 0. The van der Waals surface area contributed by atoms with Gasteiger partial charge < -0.3 is 24.7 Å². The number of hydrogen-bond donors (Lipinski definition) is 1. The van der Waals surface area contributed by atoms with E-state index < -0.39 is 0 Å². The van der Waals surface area contributed by atoms with Gasteiger partial charge in [0.2, 0.25) is 0 Å². The van der Waals surface area contributed by atoms with Crippen molar-refractivity contribution in [3.63, 3.8) is 0 Å². The summed E-state index contributed by atoms with van der Waals surface area (Å²) in [7, 11) is 3.21. The molecule has 122 valence electrons. The zero-order chi connectivity index (χ0) is 16.7. The van der Waals surface area contributed by atoms with Crippen LogP contribution in [0.15, 0.2) is 42.5 Å². The predicted molar refractivity (Wildman–Crippen MR) is 92.9 cm³/mol. The summed E-state index contributed by atoms with van der Waals surface area (Å²) in [5.74, 6) is 2.78. The maximum Gasteiger partial charge on any atom is 0.133 e. The number of rotatable bonds is 8. The van der Waals surface area contributed by atoms with Crippen molar-refractivity contribution in [1.82, 2.24) is 0 Å². The number of thiocarbonyl (C=S) groups is 1. The molecule has 0 unspecified atom stereocenters. The Kier molecular flexibility index (Phi) is 6.05. The van der Waals surface area contributed by atoms with Crippen LogP contribution in [0.3, 0.4) is 0 Å². The summed E-state index contributed by atoms with van der Waals surface area (Å²) in [5.41, 5.74) is 6.37. The van der Waals surface area contributed by atoms with Gasteiger partial charge in [-0.3, -0.25) is 0 Å². The zero-order valence-electron chi connectivity index (χ0n) is 13.1. The molecule has 6 heteroatoms. The van der Waals surface area contributed by atoms with Gasteiger partial charge >= 0.3 is 0 Å². The fraction of sp³-hybridized carbons (Fsp3) is 0.235. The first-order chi connectivity index (χ1) is 11.1. The van der Waals surface area contributed by atoms with Gasteiger partial charge in [-0.1, -0.05) is 12.2 Å². The maximum atomic E-state index is 5.71. The molecule has 2 rings (SSSR count). The Labute approximate surface area is 140 Å². The summed E-state index contributed by atoms with van der Waals surface area (Å²) >= 11 is 5.02. The van der Waals surface area contributed by atoms with Gasteiger partial charge in [-0.2, -0.15) is 0 Å². The molecule has 0 bridgehead atoms. The minimum atomic E-state index is 0.277. The van der Waals surface area contributed by atoms with E-state index in [0.717, 1.165) is 11.5 Å². The van der Waals surface area contributed by atoms with E-state index >= 15 is 0 Å². The SMILES string of the molecule is COc1ccc(OCCOc2cc(OC)ccc2C(N)=S)cc1. The Balaban J connectivity index is 1.91. The van der Waals surface area contributed by atoms with Crippen LogP contribution < -0.4 is 24.7 Å². The van der Waals surface area contributed by atoms with Crippen LogP contribution in [0.5, 0.6) is 23.0 Å². The maximum absolute atomic E-state index is 5.71. The topological polar surface area (TPSA) is 62.9 Å². The first kappa shape index (κ1) is 16.9. The van der Waals surface area contributed by atoms with E-state index in [1.54, 1.807) is 32.4 Å².